The van der Waals surface area contributed by atoms with E-state index in [0.29, 0.717) is 6.54 Å². The molecular weight excluding hydrogens is 198 g/mol. The maximum atomic E-state index is 10.9. The average Bonchev–Trinajstić information content (AvgIpc) is 2.24. The van der Waals surface area contributed by atoms with Gasteiger partial charge in [-0.15, -0.1) is 0 Å². The van der Waals surface area contributed by atoms with Gasteiger partial charge in [0.15, 0.2) is 13.2 Å². The molecule has 0 heterocycles. The molecule has 0 unspecified atom stereocenters. The molecule has 0 saturated heterocycles. The van der Waals surface area contributed by atoms with Gasteiger partial charge in [-0.2, -0.15) is 0 Å². The van der Waals surface area contributed by atoms with E-state index in [1.54, 1.807) is 0 Å². The highest BCUT2D eigenvalue weighted by molar-refractivity contribution is 5.80. The molecule has 5 heteroatoms. The van der Waals surface area contributed by atoms with Crippen LogP contribution in [0.2, 0.25) is 0 Å². The summed E-state index contributed by atoms with van der Waals surface area (Å²) in [4.78, 5) is 21.4. The molecule has 0 aliphatic rings. The van der Waals surface area contributed by atoms with E-state index in [4.69, 9.17) is 0 Å². The van der Waals surface area contributed by atoms with Gasteiger partial charge in [0, 0.05) is 0 Å². The van der Waals surface area contributed by atoms with Crippen LogP contribution >= 0.6 is 0 Å². The third-order valence-electron chi connectivity index (χ3n) is 1.33. The number of nitrogens with one attached hydrogen (secondary N) is 1. The van der Waals surface area contributed by atoms with Crippen molar-refractivity contribution < 1.29 is 18.8 Å². The summed E-state index contributed by atoms with van der Waals surface area (Å²) in [6, 6.07) is 0. The van der Waals surface area contributed by atoms with Gasteiger partial charge < -0.3 is 4.74 Å². The summed E-state index contributed by atoms with van der Waals surface area (Å²) in [6.45, 7) is 5.55. The molecule has 0 atom stereocenters. The van der Waals surface area contributed by atoms with E-state index in [9.17, 15) is 9.59 Å². The van der Waals surface area contributed by atoms with Gasteiger partial charge in [-0.05, 0) is 6.92 Å². The Hall–Kier alpha value is -1.78. The second kappa shape index (κ2) is 8.80. The summed E-state index contributed by atoms with van der Waals surface area (Å²) in [5.41, 5.74) is 0. The van der Waals surface area contributed by atoms with E-state index in [-0.39, 0.29) is 6.61 Å². The smallest absolute Gasteiger partial charge is 0.439 e. The Morgan fingerprint density at radius 3 is 2.93 bits per heavy atom. The molecule has 0 aromatic heterocycles. The standard InChI is InChI=1S/C10H14NO4/c1-3-5-6-11-10(13)15-8-7-14-9(12)4-2/h4-5,7H,2-3,6,8H2,1H3/q+1/p+1. The number of unbranched alkanes of at least 4 members (excludes halogenated alkanes) is 1. The Morgan fingerprint density at radius 2 is 2.33 bits per heavy atom. The molecule has 0 saturated carbocycles. The van der Waals surface area contributed by atoms with Crippen molar-refractivity contribution >= 4 is 18.3 Å². The molecule has 1 N–H and O–H groups in total. The van der Waals surface area contributed by atoms with Gasteiger partial charge in [-0.3, -0.25) is 9.74 Å². The summed E-state index contributed by atoms with van der Waals surface area (Å²) in [7, 11) is 0. The van der Waals surface area contributed by atoms with Crippen LogP contribution in [0.5, 0.6) is 0 Å². The molecular formula is C10H15NO4+2. The van der Waals surface area contributed by atoms with Crippen LogP contribution in [0.3, 0.4) is 0 Å². The fraction of sp³-hybridized carbons (Fsp3) is 0.400. The van der Waals surface area contributed by atoms with Crippen LogP contribution in [-0.2, 0) is 14.0 Å². The Balaban J connectivity index is 3.50. The Kier molecular flexibility index (Phi) is 7.76. The third kappa shape index (κ3) is 8.55. The number of carbonyl (C=O) groups is 2. The lowest BCUT2D eigenvalue weighted by Gasteiger charge is -1.98. The van der Waals surface area contributed by atoms with E-state index in [1.807, 2.05) is 13.3 Å². The molecule has 0 aliphatic heterocycles. The van der Waals surface area contributed by atoms with Crippen LogP contribution in [0.25, 0.3) is 0 Å². The highest BCUT2D eigenvalue weighted by Crippen LogP contribution is 1.82. The lowest BCUT2D eigenvalue weighted by Crippen LogP contribution is -2.26. The van der Waals surface area contributed by atoms with Crippen molar-refractivity contribution in [2.45, 2.75) is 13.3 Å². The number of alkyl carbamates (subject to hydrolysis) is 1. The first kappa shape index (κ1) is 13.2. The predicted octanol–water partition coefficient (Wildman–Crippen LogP) is 0.774. The van der Waals surface area contributed by atoms with Gasteiger partial charge in [-0.1, -0.05) is 6.58 Å². The van der Waals surface area contributed by atoms with Gasteiger partial charge in [-0.25, -0.2) is 4.79 Å². The summed E-state index contributed by atoms with van der Waals surface area (Å²) < 4.78 is 9.12. The first-order valence-corrected chi connectivity index (χ1v) is 4.57. The number of rotatable bonds is 6. The SMILES string of the molecule is C=CC(=O)[O+]=CCOC(=O)NC[CH+]CC. The molecule has 0 rings (SSSR count). The largest absolute Gasteiger partial charge is 0.604 e. The molecule has 0 aromatic carbocycles. The molecule has 0 aromatic rings. The molecule has 0 fully saturated rings. The predicted molar refractivity (Wildman–Crippen MR) is 55.2 cm³/mol. The van der Waals surface area contributed by atoms with Crippen molar-refractivity contribution in [1.82, 2.24) is 5.32 Å². The monoisotopic (exact) mass is 213 g/mol. The number of ether oxygens (including phenoxy) is 1. The second-order valence-electron chi connectivity index (χ2n) is 2.48. The van der Waals surface area contributed by atoms with E-state index in [1.165, 1.54) is 0 Å². The minimum Gasteiger partial charge on any atom is -0.439 e. The van der Waals surface area contributed by atoms with Gasteiger partial charge in [0.05, 0.1) is 23.7 Å². The van der Waals surface area contributed by atoms with E-state index < -0.39 is 12.1 Å². The average molecular weight is 213 g/mol. The zero-order valence-corrected chi connectivity index (χ0v) is 8.69. The Bertz CT molecular complexity index is 248. The molecule has 0 spiro atoms. The highest BCUT2D eigenvalue weighted by atomic mass is 16.6. The summed E-state index contributed by atoms with van der Waals surface area (Å²) in [6.07, 6.45) is 4.33. The lowest BCUT2D eigenvalue weighted by molar-refractivity contribution is -0.367. The number of aldehydes is 1. The van der Waals surface area contributed by atoms with E-state index >= 15 is 0 Å². The van der Waals surface area contributed by atoms with Crippen LogP contribution in [-0.4, -0.2) is 31.5 Å². The summed E-state index contributed by atoms with van der Waals surface area (Å²) >= 11 is 0. The van der Waals surface area contributed by atoms with E-state index in [0.717, 1.165) is 18.8 Å². The molecule has 5 nitrogen and oxygen atoms in total. The zero-order valence-electron chi connectivity index (χ0n) is 8.69. The van der Waals surface area contributed by atoms with Gasteiger partial charge >= 0.3 is 12.1 Å². The molecule has 0 aliphatic carbocycles. The van der Waals surface area contributed by atoms with Gasteiger partial charge in [0.2, 0.25) is 6.29 Å². The maximum Gasteiger partial charge on any atom is 0.604 e. The van der Waals surface area contributed by atoms with Crippen molar-refractivity contribution in [1.29, 1.82) is 0 Å². The first-order chi connectivity index (χ1) is 7.20. The minimum atomic E-state index is -0.585. The van der Waals surface area contributed by atoms with Crippen molar-refractivity contribution in [3.63, 3.8) is 0 Å². The normalized spacial score (nSPS) is 9.67. The molecule has 1 amide bonds. The van der Waals surface area contributed by atoms with Crippen LogP contribution < -0.4 is 5.32 Å². The topological polar surface area (TPSA) is 66.7 Å². The van der Waals surface area contributed by atoms with Crippen LogP contribution in [0.1, 0.15) is 13.3 Å². The van der Waals surface area contributed by atoms with Crippen molar-refractivity contribution in [3.8, 4) is 0 Å². The van der Waals surface area contributed by atoms with Gasteiger partial charge in [0.25, 0.3) is 0 Å². The molecule has 82 valence electrons. The van der Waals surface area contributed by atoms with Gasteiger partial charge in [0.1, 0.15) is 0 Å². The fourth-order valence-electron chi connectivity index (χ4n) is 0.625. The number of hydrogen-bond donors (Lipinski definition) is 1. The Labute approximate surface area is 88.8 Å². The van der Waals surface area contributed by atoms with Crippen molar-refractivity contribution in [3.05, 3.63) is 19.1 Å². The fourth-order valence-corrected chi connectivity index (χ4v) is 0.625. The lowest BCUT2D eigenvalue weighted by atomic mass is 10.3. The summed E-state index contributed by atoms with van der Waals surface area (Å²) in [5, 5.41) is 2.49. The summed E-state index contributed by atoms with van der Waals surface area (Å²) in [5.74, 6) is -0.585. The highest BCUT2D eigenvalue weighted by Gasteiger charge is 2.05. The third-order valence-corrected chi connectivity index (χ3v) is 1.33. The molecule has 15 heavy (non-hydrogen) atoms. The quantitative estimate of drug-likeness (QED) is 0.233. The Morgan fingerprint density at radius 1 is 1.60 bits per heavy atom. The first-order valence-electron chi connectivity index (χ1n) is 4.57. The number of amides is 1. The number of carbonyl (C=O) groups excluding carboxylic acids is 3. The minimum absolute atomic E-state index is 0.0858. The van der Waals surface area contributed by atoms with E-state index in [2.05, 4.69) is 21.1 Å². The molecule has 0 radical (unpaired) electrons. The van der Waals surface area contributed by atoms with Crippen LogP contribution in [0.4, 0.5) is 4.79 Å². The van der Waals surface area contributed by atoms with Crippen LogP contribution in [0.15, 0.2) is 12.7 Å². The van der Waals surface area contributed by atoms with Crippen LogP contribution in [0, 0.1) is 6.42 Å². The second-order valence-corrected chi connectivity index (χ2v) is 2.48. The van der Waals surface area contributed by atoms with Crippen molar-refractivity contribution in [2.75, 3.05) is 13.2 Å². The molecule has 0 bridgehead atoms. The maximum absolute atomic E-state index is 10.9. The van der Waals surface area contributed by atoms with Crippen molar-refractivity contribution in [2.24, 2.45) is 0 Å². The zero-order chi connectivity index (χ0) is 11.5. The number of hydrogen-bond acceptors (Lipinski definition) is 3.